The van der Waals surface area contributed by atoms with Gasteiger partial charge in [-0.3, -0.25) is 4.79 Å². The standard InChI is InChI=1S/C23H21ClFNO3.C9H13Cl/c1-3-17(18-6-4-15(24)12-14(18)2)21(27)26-10-8-23(9-11-26)20-7-5-16(25)13-19(20)22(28)29-23;1-4-9(5-2)7-6-8(3)10/h3-7,12-13H,8-11H2,1-2H3;4,6-7H,1,5H2,2-3H3/b17-3+;8-6+,9-7+. The summed E-state index contributed by atoms with van der Waals surface area (Å²) >= 11 is 11.7. The Bertz CT molecular complexity index is 1350. The molecule has 0 bridgehead atoms. The first-order valence-electron chi connectivity index (χ1n) is 13.0. The number of esters is 1. The van der Waals surface area contributed by atoms with E-state index in [-0.39, 0.29) is 11.5 Å². The van der Waals surface area contributed by atoms with Gasteiger partial charge < -0.3 is 9.64 Å². The van der Waals surface area contributed by atoms with Crippen molar-refractivity contribution in [2.45, 2.75) is 52.6 Å². The average Bonchev–Trinajstić information content (AvgIpc) is 3.16. The molecule has 0 saturated carbocycles. The lowest BCUT2D eigenvalue weighted by Crippen LogP contribution is -2.45. The van der Waals surface area contributed by atoms with Gasteiger partial charge >= 0.3 is 5.97 Å². The normalized spacial score (nSPS) is 16.8. The number of carbonyl (C=O) groups is 2. The van der Waals surface area contributed by atoms with Gasteiger partial charge in [0.15, 0.2) is 0 Å². The maximum absolute atomic E-state index is 13.5. The topological polar surface area (TPSA) is 46.6 Å². The zero-order valence-electron chi connectivity index (χ0n) is 22.8. The Balaban J connectivity index is 0.000000360. The van der Waals surface area contributed by atoms with Gasteiger partial charge in [-0.1, -0.05) is 67.1 Å². The molecule has 1 fully saturated rings. The van der Waals surface area contributed by atoms with Gasteiger partial charge in [-0.2, -0.15) is 0 Å². The third-order valence-electron chi connectivity index (χ3n) is 7.03. The van der Waals surface area contributed by atoms with Gasteiger partial charge in [0.05, 0.1) is 5.56 Å². The van der Waals surface area contributed by atoms with E-state index >= 15 is 0 Å². The van der Waals surface area contributed by atoms with Gasteiger partial charge in [0.25, 0.3) is 5.91 Å². The molecule has 2 aromatic rings. The minimum absolute atomic E-state index is 0.0589. The molecule has 0 N–H and O–H groups in total. The number of ether oxygens (including phenoxy) is 1. The number of allylic oxidation sites excluding steroid dienone is 6. The number of nitrogens with zero attached hydrogens (tertiary/aromatic N) is 1. The fraction of sp³-hybridized carbons (Fsp3) is 0.312. The summed E-state index contributed by atoms with van der Waals surface area (Å²) in [6, 6.07) is 9.68. The van der Waals surface area contributed by atoms with Crippen LogP contribution in [-0.2, 0) is 15.1 Å². The summed E-state index contributed by atoms with van der Waals surface area (Å²) in [5.74, 6) is -1.01. The first-order valence-corrected chi connectivity index (χ1v) is 13.7. The second-order valence-electron chi connectivity index (χ2n) is 9.58. The van der Waals surface area contributed by atoms with Gasteiger partial charge in [0, 0.05) is 47.1 Å². The van der Waals surface area contributed by atoms with Gasteiger partial charge in [-0.25, -0.2) is 9.18 Å². The molecule has 2 aliphatic heterocycles. The molecule has 0 atom stereocenters. The smallest absolute Gasteiger partial charge is 0.339 e. The summed E-state index contributed by atoms with van der Waals surface area (Å²) in [6.07, 6.45) is 9.49. The second kappa shape index (κ2) is 13.3. The molecule has 2 aromatic carbocycles. The van der Waals surface area contributed by atoms with Crippen LogP contribution in [0, 0.1) is 12.7 Å². The SMILES string of the molecule is C/C=C(/C(=O)N1CCC2(CC1)OC(=O)c1cc(F)ccc12)c1ccc(Cl)cc1C.C=C/C(=C\C=C(/C)Cl)CC. The highest BCUT2D eigenvalue weighted by molar-refractivity contribution is 6.31. The molecular weight excluding hydrogens is 536 g/mol. The summed E-state index contributed by atoms with van der Waals surface area (Å²) < 4.78 is 19.2. The summed E-state index contributed by atoms with van der Waals surface area (Å²) in [5.41, 5.74) is 3.86. The first kappa shape index (κ1) is 30.4. The monoisotopic (exact) mass is 569 g/mol. The van der Waals surface area contributed by atoms with Crippen molar-refractivity contribution in [3.63, 3.8) is 0 Å². The Kier molecular flexibility index (Phi) is 10.3. The summed E-state index contributed by atoms with van der Waals surface area (Å²) in [5, 5.41) is 1.43. The quantitative estimate of drug-likeness (QED) is 0.206. The van der Waals surface area contributed by atoms with Crippen LogP contribution in [-0.4, -0.2) is 29.9 Å². The van der Waals surface area contributed by atoms with Crippen molar-refractivity contribution in [3.8, 4) is 0 Å². The Morgan fingerprint density at radius 3 is 2.44 bits per heavy atom. The van der Waals surface area contributed by atoms with Crippen molar-refractivity contribution in [3.05, 3.63) is 111 Å². The molecule has 1 spiro atoms. The molecule has 0 aromatic heterocycles. The fourth-order valence-corrected chi connectivity index (χ4v) is 5.15. The second-order valence-corrected chi connectivity index (χ2v) is 10.6. The number of piperidine rings is 1. The molecule has 4 nitrogen and oxygen atoms in total. The zero-order chi connectivity index (χ0) is 28.7. The van der Waals surface area contributed by atoms with E-state index in [0.29, 0.717) is 36.5 Å². The molecule has 0 radical (unpaired) electrons. The van der Waals surface area contributed by atoms with Crippen molar-refractivity contribution < 1.29 is 18.7 Å². The number of fused-ring (bicyclic) bond motifs is 2. The molecule has 206 valence electrons. The molecule has 7 heteroatoms. The van der Waals surface area contributed by atoms with E-state index < -0.39 is 17.4 Å². The minimum atomic E-state index is -0.775. The molecule has 4 rings (SSSR count). The first-order chi connectivity index (χ1) is 18.5. The lowest BCUT2D eigenvalue weighted by molar-refractivity contribution is -0.129. The van der Waals surface area contributed by atoms with E-state index in [0.717, 1.165) is 28.1 Å². The highest BCUT2D eigenvalue weighted by Crippen LogP contribution is 2.44. The van der Waals surface area contributed by atoms with E-state index in [4.69, 9.17) is 27.9 Å². The summed E-state index contributed by atoms with van der Waals surface area (Å²) in [4.78, 5) is 27.2. The number of halogens is 3. The van der Waals surface area contributed by atoms with Crippen molar-refractivity contribution in [2.75, 3.05) is 13.1 Å². The van der Waals surface area contributed by atoms with Crippen LogP contribution < -0.4 is 0 Å². The summed E-state index contributed by atoms with van der Waals surface area (Å²) in [7, 11) is 0. The van der Waals surface area contributed by atoms with E-state index in [2.05, 4.69) is 13.5 Å². The van der Waals surface area contributed by atoms with Gasteiger partial charge in [-0.15, -0.1) is 0 Å². The molecular formula is C32H34Cl2FNO3. The predicted octanol–water partition coefficient (Wildman–Crippen LogP) is 8.53. The fourth-order valence-electron chi connectivity index (χ4n) is 4.86. The molecule has 1 saturated heterocycles. The van der Waals surface area contributed by atoms with Crippen LogP contribution in [0.5, 0.6) is 0 Å². The number of amides is 1. The number of likely N-dealkylation sites (tertiary alicyclic amines) is 1. The van der Waals surface area contributed by atoms with Crippen LogP contribution in [0.3, 0.4) is 0 Å². The van der Waals surface area contributed by atoms with Crippen LogP contribution in [0.1, 0.15) is 67.1 Å². The van der Waals surface area contributed by atoms with Gasteiger partial charge in [0.1, 0.15) is 11.4 Å². The van der Waals surface area contributed by atoms with Crippen LogP contribution in [0.25, 0.3) is 5.57 Å². The number of hydrogen-bond acceptors (Lipinski definition) is 3. The average molecular weight is 571 g/mol. The number of aryl methyl sites for hydroxylation is 1. The Morgan fingerprint density at radius 2 is 1.87 bits per heavy atom. The number of benzene rings is 2. The van der Waals surface area contributed by atoms with E-state index in [1.807, 2.05) is 57.2 Å². The van der Waals surface area contributed by atoms with Gasteiger partial charge in [-0.05, 0) is 74.2 Å². The summed E-state index contributed by atoms with van der Waals surface area (Å²) in [6.45, 7) is 12.3. The Morgan fingerprint density at radius 1 is 1.18 bits per heavy atom. The van der Waals surface area contributed by atoms with Crippen LogP contribution in [0.4, 0.5) is 4.39 Å². The van der Waals surface area contributed by atoms with E-state index in [1.54, 1.807) is 17.0 Å². The lowest BCUT2D eigenvalue weighted by Gasteiger charge is -2.39. The highest BCUT2D eigenvalue weighted by atomic mass is 35.5. The van der Waals surface area contributed by atoms with E-state index in [9.17, 15) is 14.0 Å². The van der Waals surface area contributed by atoms with Crippen LogP contribution in [0.2, 0.25) is 5.02 Å². The minimum Gasteiger partial charge on any atom is -0.450 e. The lowest BCUT2D eigenvalue weighted by atomic mass is 9.83. The van der Waals surface area contributed by atoms with Gasteiger partial charge in [0.2, 0.25) is 0 Å². The van der Waals surface area contributed by atoms with E-state index in [1.165, 1.54) is 17.7 Å². The van der Waals surface area contributed by atoms with Crippen molar-refractivity contribution in [1.82, 2.24) is 4.90 Å². The Labute approximate surface area is 240 Å². The molecule has 1 amide bonds. The zero-order valence-corrected chi connectivity index (χ0v) is 24.3. The van der Waals surface area contributed by atoms with Crippen molar-refractivity contribution in [2.24, 2.45) is 0 Å². The molecule has 2 aliphatic rings. The number of rotatable bonds is 5. The van der Waals surface area contributed by atoms with Crippen LogP contribution in [0.15, 0.2) is 77.9 Å². The molecule has 2 heterocycles. The Hall–Kier alpha value is -3.15. The molecule has 39 heavy (non-hydrogen) atoms. The number of carbonyl (C=O) groups excluding carboxylic acids is 2. The largest absolute Gasteiger partial charge is 0.450 e. The van der Waals surface area contributed by atoms with Crippen molar-refractivity contribution >= 4 is 40.7 Å². The number of hydrogen-bond donors (Lipinski definition) is 0. The maximum Gasteiger partial charge on any atom is 0.339 e. The van der Waals surface area contributed by atoms with Crippen LogP contribution >= 0.6 is 23.2 Å². The molecule has 0 unspecified atom stereocenters. The molecule has 0 aliphatic carbocycles. The maximum atomic E-state index is 13.5. The third kappa shape index (κ3) is 7.09. The predicted molar refractivity (Wildman–Crippen MR) is 157 cm³/mol. The highest BCUT2D eigenvalue weighted by Gasteiger charge is 2.48. The third-order valence-corrected chi connectivity index (χ3v) is 7.40. The van der Waals surface area contributed by atoms with Crippen molar-refractivity contribution in [1.29, 1.82) is 0 Å².